The van der Waals surface area contributed by atoms with E-state index in [4.69, 9.17) is 0 Å². The van der Waals surface area contributed by atoms with Gasteiger partial charge < -0.3 is 10.6 Å². The molecule has 0 unspecified atom stereocenters. The lowest BCUT2D eigenvalue weighted by Gasteiger charge is -2.10. The summed E-state index contributed by atoms with van der Waals surface area (Å²) in [6.45, 7) is 0.759. The van der Waals surface area contributed by atoms with Gasteiger partial charge in [-0.2, -0.15) is 13.2 Å². The molecule has 23 heavy (non-hydrogen) atoms. The summed E-state index contributed by atoms with van der Waals surface area (Å²) in [6.07, 6.45) is -0.821. The number of nitrogens with one attached hydrogen (secondary N) is 2. The number of benzene rings is 1. The zero-order valence-electron chi connectivity index (χ0n) is 12.2. The van der Waals surface area contributed by atoms with Crippen molar-refractivity contribution in [2.45, 2.75) is 19.1 Å². The van der Waals surface area contributed by atoms with E-state index in [0.717, 1.165) is 17.7 Å². The van der Waals surface area contributed by atoms with E-state index < -0.39 is 11.7 Å². The number of hydrogen-bond donors (Lipinski definition) is 2. The molecule has 1 aromatic carbocycles. The molecule has 0 radical (unpaired) electrons. The first-order chi connectivity index (χ1) is 10.9. The van der Waals surface area contributed by atoms with Crippen molar-refractivity contribution in [1.82, 2.24) is 10.3 Å². The third-order valence-corrected chi connectivity index (χ3v) is 3.13. The maximum absolute atomic E-state index is 12.4. The fourth-order valence-electron chi connectivity index (χ4n) is 1.89. The molecule has 0 fully saturated rings. The Balaban J connectivity index is 1.71. The normalized spacial score (nSPS) is 11.1. The zero-order valence-corrected chi connectivity index (χ0v) is 12.2. The smallest absolute Gasteiger partial charge is 0.385 e. The lowest BCUT2D eigenvalue weighted by Crippen LogP contribution is -2.24. The van der Waals surface area contributed by atoms with Crippen LogP contribution in [0.2, 0.25) is 0 Å². The Hall–Kier alpha value is -2.57. The van der Waals surface area contributed by atoms with Crippen molar-refractivity contribution in [1.29, 1.82) is 0 Å². The Kier molecular flexibility index (Phi) is 5.56. The summed E-state index contributed by atoms with van der Waals surface area (Å²) in [5.74, 6) is -0.138. The molecule has 0 aliphatic rings. The minimum absolute atomic E-state index is 0.138. The Morgan fingerprint density at radius 3 is 2.30 bits per heavy atom. The fourth-order valence-corrected chi connectivity index (χ4v) is 1.89. The van der Waals surface area contributed by atoms with Crippen molar-refractivity contribution in [2.24, 2.45) is 0 Å². The molecule has 0 saturated carbocycles. The summed E-state index contributed by atoms with van der Waals surface area (Å²) < 4.78 is 37.3. The second kappa shape index (κ2) is 7.62. The summed E-state index contributed by atoms with van der Waals surface area (Å²) in [5, 5.41) is 5.67. The predicted molar refractivity (Wildman–Crippen MR) is 80.6 cm³/mol. The Morgan fingerprint density at radius 1 is 1.04 bits per heavy atom. The minimum atomic E-state index is -4.34. The third kappa shape index (κ3) is 5.61. The van der Waals surface area contributed by atoms with Crippen LogP contribution in [0.15, 0.2) is 48.8 Å². The molecule has 2 N–H and O–H groups in total. The van der Waals surface area contributed by atoms with Gasteiger partial charge in [0.1, 0.15) is 0 Å². The van der Waals surface area contributed by atoms with Crippen molar-refractivity contribution in [3.05, 3.63) is 59.9 Å². The molecular formula is C16H16F3N3O. The maximum Gasteiger partial charge on any atom is 0.416 e. The third-order valence-electron chi connectivity index (χ3n) is 3.13. The number of nitrogens with zero attached hydrogens (tertiary/aromatic N) is 1. The molecule has 1 amide bonds. The number of amides is 1. The molecule has 1 heterocycles. The number of carbonyl (C=O) groups excluding carboxylic acids is 1. The van der Waals surface area contributed by atoms with Gasteiger partial charge in [-0.05, 0) is 42.0 Å². The molecule has 0 spiro atoms. The highest BCUT2D eigenvalue weighted by atomic mass is 19.4. The lowest BCUT2D eigenvalue weighted by molar-refractivity contribution is -0.137. The van der Waals surface area contributed by atoms with Gasteiger partial charge in [0.2, 0.25) is 5.91 Å². The molecular weight excluding hydrogens is 307 g/mol. The van der Waals surface area contributed by atoms with E-state index in [9.17, 15) is 18.0 Å². The largest absolute Gasteiger partial charge is 0.416 e. The number of alkyl halides is 3. The molecule has 0 atom stereocenters. The van der Waals surface area contributed by atoms with Crippen LogP contribution in [0.4, 0.5) is 18.9 Å². The highest BCUT2D eigenvalue weighted by Gasteiger charge is 2.29. The van der Waals surface area contributed by atoms with Crippen molar-refractivity contribution in [3.8, 4) is 0 Å². The Bertz CT molecular complexity index is 627. The number of halogens is 3. The van der Waals surface area contributed by atoms with Gasteiger partial charge in [0.15, 0.2) is 0 Å². The Labute approximate surface area is 131 Å². The molecule has 2 rings (SSSR count). The molecule has 122 valence electrons. The maximum atomic E-state index is 12.4. The van der Waals surface area contributed by atoms with Crippen molar-refractivity contribution < 1.29 is 18.0 Å². The standard InChI is InChI=1S/C16H16F3N3O/c17-16(18,19)13-1-3-14(4-2-13)21-10-7-15(23)22-11-12-5-8-20-9-6-12/h1-6,8-9,21H,7,10-11H2,(H,22,23). The fraction of sp³-hybridized carbons (Fsp3) is 0.250. The van der Waals surface area contributed by atoms with E-state index in [2.05, 4.69) is 15.6 Å². The summed E-state index contributed by atoms with van der Waals surface area (Å²) in [4.78, 5) is 15.6. The van der Waals surface area contributed by atoms with Crippen molar-refractivity contribution >= 4 is 11.6 Å². The van der Waals surface area contributed by atoms with Crippen LogP contribution in [0, 0.1) is 0 Å². The number of aromatic nitrogens is 1. The van der Waals surface area contributed by atoms with Crippen LogP contribution in [0.25, 0.3) is 0 Å². The van der Waals surface area contributed by atoms with E-state index in [1.54, 1.807) is 24.5 Å². The zero-order chi connectivity index (χ0) is 16.7. The monoisotopic (exact) mass is 323 g/mol. The van der Waals surface area contributed by atoms with Crippen LogP contribution in [-0.4, -0.2) is 17.4 Å². The summed E-state index contributed by atoms with van der Waals surface area (Å²) in [5.41, 5.74) is 0.794. The average Bonchev–Trinajstić information content (AvgIpc) is 2.53. The predicted octanol–water partition coefficient (Wildman–Crippen LogP) is 3.22. The van der Waals surface area contributed by atoms with Crippen LogP contribution < -0.4 is 10.6 Å². The van der Waals surface area contributed by atoms with Gasteiger partial charge in [0.25, 0.3) is 0 Å². The SMILES string of the molecule is O=C(CCNc1ccc(C(F)(F)F)cc1)NCc1ccncc1. The number of pyridine rings is 1. The van der Waals surface area contributed by atoms with Crippen molar-refractivity contribution in [3.63, 3.8) is 0 Å². The van der Waals surface area contributed by atoms with E-state index in [1.807, 2.05) is 0 Å². The van der Waals surface area contributed by atoms with Crippen molar-refractivity contribution in [2.75, 3.05) is 11.9 Å². The molecule has 2 aromatic rings. The highest BCUT2D eigenvalue weighted by Crippen LogP contribution is 2.29. The van der Waals surface area contributed by atoms with Crippen LogP contribution in [0.3, 0.4) is 0 Å². The van der Waals surface area contributed by atoms with Crippen LogP contribution >= 0.6 is 0 Å². The van der Waals surface area contributed by atoms with E-state index in [0.29, 0.717) is 18.8 Å². The first kappa shape index (κ1) is 16.8. The van der Waals surface area contributed by atoms with Gasteiger partial charge in [-0.3, -0.25) is 9.78 Å². The summed E-state index contributed by atoms with van der Waals surface area (Å²) in [6, 6.07) is 8.31. The van der Waals surface area contributed by atoms with Crippen LogP contribution in [0.5, 0.6) is 0 Å². The van der Waals surface area contributed by atoms with Gasteiger partial charge in [0, 0.05) is 37.6 Å². The molecule has 0 bridgehead atoms. The van der Waals surface area contributed by atoms with Gasteiger partial charge in [-0.15, -0.1) is 0 Å². The molecule has 1 aromatic heterocycles. The first-order valence-corrected chi connectivity index (χ1v) is 7.02. The lowest BCUT2D eigenvalue weighted by atomic mass is 10.2. The second-order valence-corrected chi connectivity index (χ2v) is 4.88. The second-order valence-electron chi connectivity index (χ2n) is 4.88. The summed E-state index contributed by atoms with van der Waals surface area (Å²) in [7, 11) is 0. The van der Waals surface area contributed by atoms with Crippen LogP contribution in [0.1, 0.15) is 17.5 Å². The minimum Gasteiger partial charge on any atom is -0.385 e. The highest BCUT2D eigenvalue weighted by molar-refractivity contribution is 5.76. The topological polar surface area (TPSA) is 54.0 Å². The van der Waals surface area contributed by atoms with Gasteiger partial charge >= 0.3 is 6.18 Å². The molecule has 4 nitrogen and oxygen atoms in total. The van der Waals surface area contributed by atoms with Crippen LogP contribution in [-0.2, 0) is 17.5 Å². The van der Waals surface area contributed by atoms with Gasteiger partial charge in [-0.1, -0.05) is 0 Å². The van der Waals surface area contributed by atoms with Gasteiger partial charge in [0.05, 0.1) is 5.56 Å². The first-order valence-electron chi connectivity index (χ1n) is 7.02. The molecule has 0 saturated heterocycles. The number of hydrogen-bond acceptors (Lipinski definition) is 3. The molecule has 0 aliphatic heterocycles. The molecule has 0 aliphatic carbocycles. The average molecular weight is 323 g/mol. The quantitative estimate of drug-likeness (QED) is 0.858. The Morgan fingerprint density at radius 2 is 1.70 bits per heavy atom. The van der Waals surface area contributed by atoms with E-state index in [1.165, 1.54) is 12.1 Å². The van der Waals surface area contributed by atoms with E-state index in [-0.39, 0.29) is 12.3 Å². The summed E-state index contributed by atoms with van der Waals surface area (Å²) >= 11 is 0. The number of anilines is 1. The molecule has 7 heteroatoms. The van der Waals surface area contributed by atoms with E-state index >= 15 is 0 Å². The number of rotatable bonds is 6. The van der Waals surface area contributed by atoms with Gasteiger partial charge in [-0.25, -0.2) is 0 Å². The number of carbonyl (C=O) groups is 1.